The summed E-state index contributed by atoms with van der Waals surface area (Å²) in [4.78, 5) is 17.9. The van der Waals surface area contributed by atoms with Gasteiger partial charge in [0.15, 0.2) is 0 Å². The Morgan fingerprint density at radius 3 is 2.19 bits per heavy atom. The summed E-state index contributed by atoms with van der Waals surface area (Å²) in [6, 6.07) is 24.6. The van der Waals surface area contributed by atoms with Crippen molar-refractivity contribution >= 4 is 11.6 Å². The molecule has 4 aromatic rings. The summed E-state index contributed by atoms with van der Waals surface area (Å²) in [6.45, 7) is 6.73. The van der Waals surface area contributed by atoms with Gasteiger partial charge in [0, 0.05) is 37.6 Å². The maximum absolute atomic E-state index is 13.7. The molecule has 0 aliphatic carbocycles. The molecule has 2 heterocycles. The van der Waals surface area contributed by atoms with Crippen LogP contribution in [0.1, 0.15) is 21.6 Å². The SMILES string of the molecule is COc1ccccc1N1CCN(C(=O)c2cc(-c3ccc(F)cc3)n(-c3ccc(C)cc3)c2C)CC1. The number of hydrogen-bond donors (Lipinski definition) is 0. The number of carbonyl (C=O) groups is 1. The number of aryl methyl sites for hydroxylation is 1. The fourth-order valence-corrected chi connectivity index (χ4v) is 4.89. The number of amides is 1. The van der Waals surface area contributed by atoms with E-state index in [2.05, 4.69) is 39.8 Å². The van der Waals surface area contributed by atoms with E-state index in [0.717, 1.165) is 52.7 Å². The van der Waals surface area contributed by atoms with Crippen molar-refractivity contribution in [3.8, 4) is 22.7 Å². The van der Waals surface area contributed by atoms with Crippen LogP contribution in [0.2, 0.25) is 0 Å². The molecule has 184 valence electrons. The van der Waals surface area contributed by atoms with Crippen LogP contribution >= 0.6 is 0 Å². The smallest absolute Gasteiger partial charge is 0.255 e. The number of anilines is 1. The standard InChI is InChI=1S/C30H30FN3O2/c1-21-8-14-25(15-9-21)34-22(2)26(20-28(34)23-10-12-24(31)13-11-23)30(35)33-18-16-32(17-19-33)27-6-4-5-7-29(27)36-3/h4-15,20H,16-19H2,1-3H3. The van der Waals surface area contributed by atoms with E-state index in [0.29, 0.717) is 18.7 Å². The monoisotopic (exact) mass is 483 g/mol. The summed E-state index contributed by atoms with van der Waals surface area (Å²) in [7, 11) is 1.68. The van der Waals surface area contributed by atoms with Crippen LogP contribution in [0.25, 0.3) is 16.9 Å². The van der Waals surface area contributed by atoms with E-state index in [4.69, 9.17) is 4.74 Å². The predicted octanol–water partition coefficient (Wildman–Crippen LogP) is 5.87. The molecule has 0 N–H and O–H groups in total. The van der Waals surface area contributed by atoms with Crippen LogP contribution in [-0.4, -0.2) is 48.7 Å². The molecule has 0 saturated carbocycles. The summed E-state index contributed by atoms with van der Waals surface area (Å²) in [5, 5.41) is 0. The van der Waals surface area contributed by atoms with Gasteiger partial charge in [0.2, 0.25) is 0 Å². The van der Waals surface area contributed by atoms with Crippen molar-refractivity contribution in [1.29, 1.82) is 0 Å². The minimum Gasteiger partial charge on any atom is -0.495 e. The molecule has 0 unspecified atom stereocenters. The first-order chi connectivity index (χ1) is 17.5. The summed E-state index contributed by atoms with van der Waals surface area (Å²) >= 11 is 0. The van der Waals surface area contributed by atoms with Gasteiger partial charge in [-0.25, -0.2) is 4.39 Å². The number of benzene rings is 3. The van der Waals surface area contributed by atoms with Gasteiger partial charge < -0.3 is 19.1 Å². The maximum atomic E-state index is 13.7. The lowest BCUT2D eigenvalue weighted by Gasteiger charge is -2.36. The number of ether oxygens (including phenoxy) is 1. The van der Waals surface area contributed by atoms with Crippen molar-refractivity contribution in [2.45, 2.75) is 13.8 Å². The fourth-order valence-electron chi connectivity index (χ4n) is 4.89. The summed E-state index contributed by atoms with van der Waals surface area (Å²) in [5.74, 6) is 0.571. The molecule has 1 fully saturated rings. The quantitative estimate of drug-likeness (QED) is 0.356. The molecule has 3 aromatic carbocycles. The van der Waals surface area contributed by atoms with Crippen LogP contribution in [0.3, 0.4) is 0 Å². The summed E-state index contributed by atoms with van der Waals surface area (Å²) in [5.41, 5.74) is 6.45. The third kappa shape index (κ3) is 4.47. The Balaban J connectivity index is 1.45. The number of hydrogen-bond acceptors (Lipinski definition) is 3. The van der Waals surface area contributed by atoms with Gasteiger partial charge in [-0.3, -0.25) is 4.79 Å². The number of methoxy groups -OCH3 is 1. The second-order valence-electron chi connectivity index (χ2n) is 9.16. The lowest BCUT2D eigenvalue weighted by molar-refractivity contribution is 0.0746. The third-order valence-electron chi connectivity index (χ3n) is 6.90. The lowest BCUT2D eigenvalue weighted by atomic mass is 10.1. The van der Waals surface area contributed by atoms with E-state index >= 15 is 0 Å². The van der Waals surface area contributed by atoms with Crippen LogP contribution in [-0.2, 0) is 0 Å². The summed E-state index contributed by atoms with van der Waals surface area (Å²) < 4.78 is 21.3. The highest BCUT2D eigenvalue weighted by atomic mass is 19.1. The molecular weight excluding hydrogens is 453 g/mol. The highest BCUT2D eigenvalue weighted by molar-refractivity contribution is 5.97. The van der Waals surface area contributed by atoms with Gasteiger partial charge in [-0.15, -0.1) is 0 Å². The number of nitrogens with zero attached hydrogens (tertiary/aromatic N) is 3. The molecule has 0 radical (unpaired) electrons. The average Bonchev–Trinajstić information content (AvgIpc) is 3.26. The molecule has 36 heavy (non-hydrogen) atoms. The van der Waals surface area contributed by atoms with Gasteiger partial charge >= 0.3 is 0 Å². The van der Waals surface area contributed by atoms with Crippen molar-refractivity contribution in [1.82, 2.24) is 9.47 Å². The first kappa shape index (κ1) is 23.7. The number of para-hydroxylation sites is 2. The van der Waals surface area contributed by atoms with Gasteiger partial charge in [0.25, 0.3) is 5.91 Å². The number of carbonyl (C=O) groups excluding carboxylic acids is 1. The zero-order chi connectivity index (χ0) is 25.2. The van der Waals surface area contributed by atoms with Crippen LogP contribution in [0.15, 0.2) is 78.9 Å². The number of halogens is 1. The highest BCUT2D eigenvalue weighted by Crippen LogP contribution is 2.32. The van der Waals surface area contributed by atoms with E-state index in [9.17, 15) is 9.18 Å². The Morgan fingerprint density at radius 1 is 0.861 bits per heavy atom. The molecule has 0 bridgehead atoms. The van der Waals surface area contributed by atoms with Crippen molar-refractivity contribution in [3.05, 3.63) is 102 Å². The largest absolute Gasteiger partial charge is 0.495 e. The zero-order valence-corrected chi connectivity index (χ0v) is 20.9. The van der Waals surface area contributed by atoms with E-state index in [-0.39, 0.29) is 11.7 Å². The molecule has 1 aliphatic rings. The van der Waals surface area contributed by atoms with Gasteiger partial charge in [-0.05, 0) is 74.0 Å². The fraction of sp³-hybridized carbons (Fsp3) is 0.233. The molecule has 1 saturated heterocycles. The molecule has 5 nitrogen and oxygen atoms in total. The van der Waals surface area contributed by atoms with Crippen molar-refractivity contribution in [2.75, 3.05) is 38.2 Å². The average molecular weight is 484 g/mol. The van der Waals surface area contributed by atoms with Crippen LogP contribution in [0, 0.1) is 19.7 Å². The van der Waals surface area contributed by atoms with E-state index in [1.54, 1.807) is 19.2 Å². The Labute approximate surface area is 211 Å². The van der Waals surface area contributed by atoms with Gasteiger partial charge in [0.05, 0.1) is 24.1 Å². The second kappa shape index (κ2) is 9.90. The topological polar surface area (TPSA) is 37.7 Å². The molecule has 1 aliphatic heterocycles. The van der Waals surface area contributed by atoms with Crippen molar-refractivity contribution < 1.29 is 13.9 Å². The number of piperazine rings is 1. The van der Waals surface area contributed by atoms with Gasteiger partial charge in [-0.2, -0.15) is 0 Å². The third-order valence-corrected chi connectivity index (χ3v) is 6.90. The van der Waals surface area contributed by atoms with E-state index in [1.165, 1.54) is 12.1 Å². The first-order valence-corrected chi connectivity index (χ1v) is 12.2. The van der Waals surface area contributed by atoms with Crippen molar-refractivity contribution in [3.63, 3.8) is 0 Å². The maximum Gasteiger partial charge on any atom is 0.255 e. The van der Waals surface area contributed by atoms with Crippen molar-refractivity contribution in [2.24, 2.45) is 0 Å². The Bertz CT molecular complexity index is 1370. The molecular formula is C30H30FN3O2. The Kier molecular flexibility index (Phi) is 6.51. The minimum atomic E-state index is -0.284. The normalized spacial score (nSPS) is 13.7. The van der Waals surface area contributed by atoms with Gasteiger partial charge in [0.1, 0.15) is 11.6 Å². The molecule has 1 amide bonds. The van der Waals surface area contributed by atoms with E-state index < -0.39 is 0 Å². The Morgan fingerprint density at radius 2 is 1.53 bits per heavy atom. The van der Waals surface area contributed by atoms with Gasteiger partial charge in [-0.1, -0.05) is 29.8 Å². The molecule has 5 rings (SSSR count). The minimum absolute atomic E-state index is 0.0152. The molecule has 1 aromatic heterocycles. The highest BCUT2D eigenvalue weighted by Gasteiger charge is 2.27. The van der Waals surface area contributed by atoms with Crippen LogP contribution < -0.4 is 9.64 Å². The van der Waals surface area contributed by atoms with E-state index in [1.807, 2.05) is 43.0 Å². The zero-order valence-electron chi connectivity index (χ0n) is 20.9. The molecule has 0 spiro atoms. The number of rotatable bonds is 5. The Hall–Kier alpha value is -4.06. The molecule has 6 heteroatoms. The second-order valence-corrected chi connectivity index (χ2v) is 9.16. The number of aromatic nitrogens is 1. The van der Waals surface area contributed by atoms with Crippen LogP contribution in [0.4, 0.5) is 10.1 Å². The lowest BCUT2D eigenvalue weighted by Crippen LogP contribution is -2.49. The van der Waals surface area contributed by atoms with Crippen LogP contribution in [0.5, 0.6) is 5.75 Å². The first-order valence-electron chi connectivity index (χ1n) is 12.2. The molecule has 0 atom stereocenters. The predicted molar refractivity (Wildman–Crippen MR) is 142 cm³/mol. The summed E-state index contributed by atoms with van der Waals surface area (Å²) in [6.07, 6.45) is 0.